The number of carbonyl (C=O) groups excluding carboxylic acids is 1. The Morgan fingerprint density at radius 2 is 1.83 bits per heavy atom. The number of carboxylic acid groups (broad SMARTS) is 1. The molecule has 0 bridgehead atoms. The van der Waals surface area contributed by atoms with Crippen LogP contribution in [0.3, 0.4) is 0 Å². The van der Waals surface area contributed by atoms with Gasteiger partial charge in [0.15, 0.2) is 0 Å². The standard InChI is InChI=1S/C21H19N3O5/c1-21(2,3)29-18(25)15-7-5-4-6-14(15)12-23-17-10-13(11-22)8-9-16(17)24(19(23)26)20(27)28/h4-10H,12H2,1-3H3,(H,27,28). The zero-order valence-corrected chi connectivity index (χ0v) is 16.2. The van der Waals surface area contributed by atoms with Crippen LogP contribution >= 0.6 is 0 Å². The molecule has 3 aromatic rings. The van der Waals surface area contributed by atoms with Gasteiger partial charge in [-0.25, -0.2) is 14.4 Å². The Bertz CT molecular complexity index is 1220. The molecular weight excluding hydrogens is 374 g/mol. The summed E-state index contributed by atoms with van der Waals surface area (Å²) in [5, 5.41) is 18.6. The van der Waals surface area contributed by atoms with E-state index < -0.39 is 23.4 Å². The van der Waals surface area contributed by atoms with Gasteiger partial charge in [-0.05, 0) is 50.6 Å². The van der Waals surface area contributed by atoms with E-state index in [-0.39, 0.29) is 28.7 Å². The summed E-state index contributed by atoms with van der Waals surface area (Å²) < 4.78 is 7.28. The third-order valence-corrected chi connectivity index (χ3v) is 4.21. The molecule has 0 saturated carbocycles. The van der Waals surface area contributed by atoms with Crippen LogP contribution in [0.4, 0.5) is 4.79 Å². The number of hydrogen-bond donors (Lipinski definition) is 1. The van der Waals surface area contributed by atoms with E-state index in [0.717, 1.165) is 0 Å². The predicted octanol–water partition coefficient (Wildman–Crippen LogP) is 3.20. The number of hydrogen-bond acceptors (Lipinski definition) is 5. The molecule has 0 radical (unpaired) electrons. The monoisotopic (exact) mass is 393 g/mol. The van der Waals surface area contributed by atoms with E-state index in [1.54, 1.807) is 45.0 Å². The molecular formula is C21H19N3O5. The minimum absolute atomic E-state index is 0.0556. The van der Waals surface area contributed by atoms with Crippen LogP contribution in [-0.2, 0) is 11.3 Å². The molecule has 0 saturated heterocycles. The third kappa shape index (κ3) is 3.89. The molecule has 0 atom stereocenters. The average molecular weight is 393 g/mol. The van der Waals surface area contributed by atoms with Crippen molar-refractivity contribution in [1.82, 2.24) is 9.13 Å². The lowest BCUT2D eigenvalue weighted by molar-refractivity contribution is 0.00681. The van der Waals surface area contributed by atoms with E-state index in [1.165, 1.54) is 22.8 Å². The normalized spacial score (nSPS) is 11.2. The lowest BCUT2D eigenvalue weighted by Gasteiger charge is -2.20. The van der Waals surface area contributed by atoms with Crippen molar-refractivity contribution in [2.75, 3.05) is 0 Å². The Morgan fingerprint density at radius 3 is 2.45 bits per heavy atom. The second-order valence-electron chi connectivity index (χ2n) is 7.46. The first-order valence-electron chi connectivity index (χ1n) is 8.82. The molecule has 1 heterocycles. The van der Waals surface area contributed by atoms with Gasteiger partial charge in [0.2, 0.25) is 0 Å². The number of ether oxygens (including phenoxy) is 1. The van der Waals surface area contributed by atoms with Crippen molar-refractivity contribution in [3.05, 3.63) is 69.6 Å². The first-order valence-corrected chi connectivity index (χ1v) is 8.82. The van der Waals surface area contributed by atoms with Gasteiger partial charge in [0.05, 0.1) is 34.8 Å². The minimum Gasteiger partial charge on any atom is -0.464 e. The van der Waals surface area contributed by atoms with Crippen molar-refractivity contribution in [3.63, 3.8) is 0 Å². The van der Waals surface area contributed by atoms with E-state index in [1.807, 2.05) is 6.07 Å². The van der Waals surface area contributed by atoms with Crippen molar-refractivity contribution in [2.24, 2.45) is 0 Å². The van der Waals surface area contributed by atoms with Crippen molar-refractivity contribution in [1.29, 1.82) is 5.26 Å². The molecule has 8 heteroatoms. The van der Waals surface area contributed by atoms with Crippen molar-refractivity contribution in [2.45, 2.75) is 32.9 Å². The van der Waals surface area contributed by atoms with Gasteiger partial charge >= 0.3 is 17.8 Å². The summed E-state index contributed by atoms with van der Waals surface area (Å²) in [6.45, 7) is 5.20. The fraction of sp³-hybridized carbons (Fsp3) is 0.238. The van der Waals surface area contributed by atoms with Crippen molar-refractivity contribution >= 4 is 23.1 Å². The van der Waals surface area contributed by atoms with Crippen LogP contribution in [0.15, 0.2) is 47.3 Å². The van der Waals surface area contributed by atoms with Crippen LogP contribution in [0, 0.1) is 11.3 Å². The Hall–Kier alpha value is -3.86. The van der Waals surface area contributed by atoms with Crippen molar-refractivity contribution in [3.8, 4) is 6.07 Å². The summed E-state index contributed by atoms with van der Waals surface area (Å²) in [5.41, 5.74) is 0.0438. The van der Waals surface area contributed by atoms with E-state index in [9.17, 15) is 19.5 Å². The Balaban J connectivity index is 2.16. The van der Waals surface area contributed by atoms with Gasteiger partial charge in [-0.2, -0.15) is 9.83 Å². The number of carbonyl (C=O) groups is 2. The SMILES string of the molecule is CC(C)(C)OC(=O)c1ccccc1Cn1c(=O)n(C(=O)O)c2ccc(C#N)cc21. The number of benzene rings is 2. The zero-order valence-electron chi connectivity index (χ0n) is 16.2. The number of fused-ring (bicyclic) bond motifs is 1. The summed E-state index contributed by atoms with van der Waals surface area (Å²) >= 11 is 0. The summed E-state index contributed by atoms with van der Waals surface area (Å²) in [7, 11) is 0. The topological polar surface area (TPSA) is 114 Å². The predicted molar refractivity (Wildman–Crippen MR) is 105 cm³/mol. The summed E-state index contributed by atoms with van der Waals surface area (Å²) in [6, 6.07) is 12.9. The molecule has 0 aliphatic carbocycles. The molecule has 0 aliphatic heterocycles. The second-order valence-corrected chi connectivity index (χ2v) is 7.46. The van der Waals surface area contributed by atoms with Gasteiger partial charge in [0.1, 0.15) is 5.60 Å². The molecule has 0 aliphatic rings. The molecule has 29 heavy (non-hydrogen) atoms. The first kappa shape index (κ1) is 19.9. The second kappa shape index (κ2) is 7.28. The molecule has 8 nitrogen and oxygen atoms in total. The number of nitrogens with zero attached hydrogens (tertiary/aromatic N) is 3. The van der Waals surface area contributed by atoms with E-state index in [2.05, 4.69) is 0 Å². The zero-order chi connectivity index (χ0) is 21.3. The van der Waals surface area contributed by atoms with Gasteiger partial charge in [0, 0.05) is 0 Å². The van der Waals surface area contributed by atoms with Crippen LogP contribution in [0.1, 0.15) is 42.3 Å². The molecule has 2 aromatic carbocycles. The maximum Gasteiger partial charge on any atom is 0.420 e. The fourth-order valence-corrected chi connectivity index (χ4v) is 3.02. The van der Waals surface area contributed by atoms with Gasteiger partial charge in [0.25, 0.3) is 0 Å². The van der Waals surface area contributed by atoms with E-state index in [0.29, 0.717) is 10.1 Å². The van der Waals surface area contributed by atoms with Crippen LogP contribution in [0.2, 0.25) is 0 Å². The highest BCUT2D eigenvalue weighted by atomic mass is 16.6. The molecule has 148 valence electrons. The summed E-state index contributed by atoms with van der Waals surface area (Å²) in [6.07, 6.45) is -1.43. The van der Waals surface area contributed by atoms with Gasteiger partial charge in [-0.15, -0.1) is 0 Å². The third-order valence-electron chi connectivity index (χ3n) is 4.21. The highest BCUT2D eigenvalue weighted by molar-refractivity contribution is 5.91. The lowest BCUT2D eigenvalue weighted by atomic mass is 10.1. The Kier molecular flexibility index (Phi) is 4.99. The largest absolute Gasteiger partial charge is 0.464 e. The van der Waals surface area contributed by atoms with Crippen LogP contribution in [0.25, 0.3) is 11.0 Å². The average Bonchev–Trinajstić information content (AvgIpc) is 2.92. The number of nitriles is 1. The molecule has 0 fully saturated rings. The summed E-state index contributed by atoms with van der Waals surface area (Å²) in [4.78, 5) is 37.0. The number of esters is 1. The van der Waals surface area contributed by atoms with Gasteiger partial charge < -0.3 is 9.84 Å². The minimum atomic E-state index is -1.43. The van der Waals surface area contributed by atoms with E-state index >= 15 is 0 Å². The lowest BCUT2D eigenvalue weighted by Crippen LogP contribution is -2.29. The van der Waals surface area contributed by atoms with E-state index in [4.69, 9.17) is 10.00 Å². The van der Waals surface area contributed by atoms with Crippen LogP contribution < -0.4 is 5.69 Å². The fourth-order valence-electron chi connectivity index (χ4n) is 3.02. The van der Waals surface area contributed by atoms with Gasteiger partial charge in [-0.1, -0.05) is 18.2 Å². The molecule has 1 aromatic heterocycles. The maximum atomic E-state index is 12.8. The molecule has 0 amide bonds. The first-order chi connectivity index (χ1) is 13.6. The van der Waals surface area contributed by atoms with Gasteiger partial charge in [-0.3, -0.25) is 4.57 Å². The highest BCUT2D eigenvalue weighted by Gasteiger charge is 2.23. The molecule has 1 N–H and O–H groups in total. The van der Waals surface area contributed by atoms with Crippen LogP contribution in [-0.4, -0.2) is 31.9 Å². The Labute approximate surface area is 166 Å². The molecule has 0 spiro atoms. The highest BCUT2D eigenvalue weighted by Crippen LogP contribution is 2.20. The molecule has 3 rings (SSSR count). The molecule has 0 unspecified atom stereocenters. The van der Waals surface area contributed by atoms with Crippen molar-refractivity contribution < 1.29 is 19.4 Å². The summed E-state index contributed by atoms with van der Waals surface area (Å²) in [5.74, 6) is -0.541. The quantitative estimate of drug-likeness (QED) is 0.684. The number of rotatable bonds is 3. The smallest absolute Gasteiger partial charge is 0.420 e. The number of aromatic nitrogens is 2. The number of imidazole rings is 1. The maximum absolute atomic E-state index is 12.8. The van der Waals surface area contributed by atoms with Crippen LogP contribution in [0.5, 0.6) is 0 Å². The Morgan fingerprint density at radius 1 is 1.14 bits per heavy atom.